The Bertz CT molecular complexity index is 286. The summed E-state index contributed by atoms with van der Waals surface area (Å²) in [5.41, 5.74) is 0. The number of nitrogens with one attached hydrogen (secondary N) is 1. The van der Waals surface area contributed by atoms with E-state index < -0.39 is 0 Å². The SMILES string of the molecule is CCC(C)C1NC(=O)N(C2CCC2)C1=O. The molecule has 0 bridgehead atoms. The molecular weight excluding hydrogens is 192 g/mol. The maximum atomic E-state index is 12.0. The third kappa shape index (κ3) is 1.62. The molecule has 2 aliphatic rings. The van der Waals surface area contributed by atoms with Crippen molar-refractivity contribution in [1.29, 1.82) is 0 Å². The van der Waals surface area contributed by atoms with Crippen molar-refractivity contribution in [2.24, 2.45) is 5.92 Å². The zero-order valence-corrected chi connectivity index (χ0v) is 9.32. The highest BCUT2D eigenvalue weighted by Gasteiger charge is 2.45. The quantitative estimate of drug-likeness (QED) is 0.718. The fraction of sp³-hybridized carbons (Fsp3) is 0.818. The Hall–Kier alpha value is -1.06. The molecule has 4 heteroatoms. The Kier molecular flexibility index (Phi) is 2.67. The molecule has 0 aromatic carbocycles. The van der Waals surface area contributed by atoms with E-state index in [0.717, 1.165) is 25.7 Å². The molecule has 15 heavy (non-hydrogen) atoms. The number of amides is 3. The van der Waals surface area contributed by atoms with Gasteiger partial charge in [0.15, 0.2) is 0 Å². The van der Waals surface area contributed by atoms with Crippen LogP contribution >= 0.6 is 0 Å². The predicted octanol–water partition coefficient (Wildman–Crippen LogP) is 1.51. The highest BCUT2D eigenvalue weighted by atomic mass is 16.2. The van der Waals surface area contributed by atoms with Crippen molar-refractivity contribution in [3.8, 4) is 0 Å². The summed E-state index contributed by atoms with van der Waals surface area (Å²) in [7, 11) is 0. The average molecular weight is 210 g/mol. The molecule has 0 spiro atoms. The topological polar surface area (TPSA) is 49.4 Å². The summed E-state index contributed by atoms with van der Waals surface area (Å²) in [5.74, 6) is 0.213. The Morgan fingerprint density at radius 3 is 2.60 bits per heavy atom. The molecule has 1 aliphatic carbocycles. The molecule has 84 valence electrons. The van der Waals surface area contributed by atoms with Crippen molar-refractivity contribution in [3.63, 3.8) is 0 Å². The smallest absolute Gasteiger partial charge is 0.325 e. The number of rotatable bonds is 3. The number of carbonyl (C=O) groups excluding carboxylic acids is 2. The van der Waals surface area contributed by atoms with Crippen LogP contribution < -0.4 is 5.32 Å². The Balaban J connectivity index is 2.08. The van der Waals surface area contributed by atoms with E-state index in [1.54, 1.807) is 0 Å². The first kappa shape index (κ1) is 10.5. The Morgan fingerprint density at radius 2 is 2.13 bits per heavy atom. The van der Waals surface area contributed by atoms with Crippen molar-refractivity contribution >= 4 is 11.9 Å². The van der Waals surface area contributed by atoms with Crippen LogP contribution in [-0.2, 0) is 4.79 Å². The van der Waals surface area contributed by atoms with Crippen molar-refractivity contribution in [1.82, 2.24) is 10.2 Å². The molecule has 1 heterocycles. The standard InChI is InChI=1S/C11H18N2O2/c1-3-7(2)9-10(14)13(11(15)12-9)8-5-4-6-8/h7-9H,3-6H2,1-2H3,(H,12,15). The van der Waals surface area contributed by atoms with Gasteiger partial charge in [0.05, 0.1) is 0 Å². The maximum Gasteiger partial charge on any atom is 0.325 e. The lowest BCUT2D eigenvalue weighted by Crippen LogP contribution is -2.45. The molecule has 1 aliphatic heterocycles. The molecule has 0 aromatic rings. The number of hydrogen-bond acceptors (Lipinski definition) is 2. The fourth-order valence-corrected chi connectivity index (χ4v) is 2.13. The lowest BCUT2D eigenvalue weighted by molar-refractivity contribution is -0.131. The van der Waals surface area contributed by atoms with Gasteiger partial charge in [0.1, 0.15) is 6.04 Å². The van der Waals surface area contributed by atoms with Gasteiger partial charge in [0.25, 0.3) is 5.91 Å². The second-order valence-electron chi connectivity index (χ2n) is 4.61. The first-order chi connectivity index (χ1) is 7.15. The van der Waals surface area contributed by atoms with Gasteiger partial charge in [-0.2, -0.15) is 0 Å². The van der Waals surface area contributed by atoms with Gasteiger partial charge in [0.2, 0.25) is 0 Å². The summed E-state index contributed by atoms with van der Waals surface area (Å²) in [5, 5.41) is 2.79. The summed E-state index contributed by atoms with van der Waals surface area (Å²) in [6.07, 6.45) is 4.00. The summed E-state index contributed by atoms with van der Waals surface area (Å²) >= 11 is 0. The summed E-state index contributed by atoms with van der Waals surface area (Å²) < 4.78 is 0. The van der Waals surface area contributed by atoms with Crippen LogP contribution in [0.4, 0.5) is 4.79 Å². The molecule has 1 saturated carbocycles. The lowest BCUT2D eigenvalue weighted by atomic mass is 9.91. The minimum atomic E-state index is -0.289. The molecule has 1 N–H and O–H groups in total. The van der Waals surface area contributed by atoms with E-state index in [4.69, 9.17) is 0 Å². The Labute approximate surface area is 90.0 Å². The minimum Gasteiger partial charge on any atom is -0.326 e. The highest BCUT2D eigenvalue weighted by Crippen LogP contribution is 2.29. The highest BCUT2D eigenvalue weighted by molar-refractivity contribution is 6.04. The van der Waals surface area contributed by atoms with E-state index in [9.17, 15) is 9.59 Å². The number of hydrogen-bond donors (Lipinski definition) is 1. The average Bonchev–Trinajstić information content (AvgIpc) is 2.42. The van der Waals surface area contributed by atoms with Gasteiger partial charge in [-0.15, -0.1) is 0 Å². The lowest BCUT2D eigenvalue weighted by Gasteiger charge is -2.32. The van der Waals surface area contributed by atoms with Crippen LogP contribution in [0, 0.1) is 5.92 Å². The van der Waals surface area contributed by atoms with E-state index in [-0.39, 0.29) is 29.9 Å². The van der Waals surface area contributed by atoms with Crippen molar-refractivity contribution in [3.05, 3.63) is 0 Å². The van der Waals surface area contributed by atoms with E-state index >= 15 is 0 Å². The molecule has 0 aromatic heterocycles. The third-order valence-electron chi connectivity index (χ3n) is 3.65. The summed E-state index contributed by atoms with van der Waals surface area (Å²) in [4.78, 5) is 25.1. The van der Waals surface area contributed by atoms with E-state index in [1.165, 1.54) is 4.90 Å². The zero-order valence-electron chi connectivity index (χ0n) is 9.32. The molecule has 1 saturated heterocycles. The van der Waals surface area contributed by atoms with Crippen molar-refractivity contribution in [2.45, 2.75) is 51.6 Å². The first-order valence-electron chi connectivity index (χ1n) is 5.78. The van der Waals surface area contributed by atoms with Crippen LogP contribution in [0.5, 0.6) is 0 Å². The first-order valence-corrected chi connectivity index (χ1v) is 5.78. The van der Waals surface area contributed by atoms with Crippen LogP contribution in [0.2, 0.25) is 0 Å². The van der Waals surface area contributed by atoms with E-state index in [0.29, 0.717) is 0 Å². The van der Waals surface area contributed by atoms with Gasteiger partial charge in [-0.05, 0) is 25.2 Å². The van der Waals surface area contributed by atoms with Gasteiger partial charge < -0.3 is 5.32 Å². The summed E-state index contributed by atoms with van der Waals surface area (Å²) in [6, 6.07) is -0.301. The van der Waals surface area contributed by atoms with E-state index in [2.05, 4.69) is 5.32 Å². The maximum absolute atomic E-state index is 12.0. The van der Waals surface area contributed by atoms with Crippen LogP contribution in [-0.4, -0.2) is 28.9 Å². The third-order valence-corrected chi connectivity index (χ3v) is 3.65. The molecular formula is C11H18N2O2. The van der Waals surface area contributed by atoms with Crippen LogP contribution in [0.1, 0.15) is 39.5 Å². The summed E-state index contributed by atoms with van der Waals surface area (Å²) in [6.45, 7) is 4.04. The number of imide groups is 1. The van der Waals surface area contributed by atoms with Crippen molar-refractivity contribution in [2.75, 3.05) is 0 Å². The zero-order chi connectivity index (χ0) is 11.0. The second-order valence-corrected chi connectivity index (χ2v) is 4.61. The van der Waals surface area contributed by atoms with Crippen LogP contribution in [0.3, 0.4) is 0 Å². The molecule has 3 amide bonds. The fourth-order valence-electron chi connectivity index (χ4n) is 2.13. The van der Waals surface area contributed by atoms with Crippen LogP contribution in [0.15, 0.2) is 0 Å². The van der Waals surface area contributed by atoms with Gasteiger partial charge in [-0.1, -0.05) is 20.3 Å². The largest absolute Gasteiger partial charge is 0.326 e. The number of nitrogens with zero attached hydrogens (tertiary/aromatic N) is 1. The molecule has 4 nitrogen and oxygen atoms in total. The van der Waals surface area contributed by atoms with Gasteiger partial charge in [0, 0.05) is 6.04 Å². The van der Waals surface area contributed by atoms with E-state index in [1.807, 2.05) is 13.8 Å². The van der Waals surface area contributed by atoms with Crippen LogP contribution in [0.25, 0.3) is 0 Å². The minimum absolute atomic E-state index is 0.0148. The predicted molar refractivity (Wildman–Crippen MR) is 56.3 cm³/mol. The normalized spacial score (nSPS) is 28.9. The molecule has 0 radical (unpaired) electrons. The van der Waals surface area contributed by atoms with Gasteiger partial charge in [-0.25, -0.2) is 4.79 Å². The van der Waals surface area contributed by atoms with Crippen molar-refractivity contribution < 1.29 is 9.59 Å². The van der Waals surface area contributed by atoms with Gasteiger partial charge in [-0.3, -0.25) is 9.69 Å². The molecule has 2 rings (SSSR count). The molecule has 2 fully saturated rings. The number of carbonyl (C=O) groups is 2. The Morgan fingerprint density at radius 1 is 1.47 bits per heavy atom. The number of urea groups is 1. The molecule has 2 atom stereocenters. The van der Waals surface area contributed by atoms with Gasteiger partial charge >= 0.3 is 6.03 Å². The monoisotopic (exact) mass is 210 g/mol. The molecule has 2 unspecified atom stereocenters. The second kappa shape index (κ2) is 3.83.